The standard InChI is InChI=1S/C43H55ClN6O8S/c1-28-25-59(54,47-41(53)34-24-48(2)45-42(34)57-20-17-49-15-18-56-19-16-49)46-40(52)30-7-12-39-36(22-30)50(23-31-6-9-33(31)38(55-3)13-11-37(28)51)26-43(27-58-39)14-4-5-29-21-32(44)8-10-35(29)43/h7-8,10-13,21-22,24,28,31,33,37-38,51H,4-6,9,14-20,23,25-27H2,1-3H3,(H,46,47,52,53,54)/b13-11+/t28-,31+,33-,37+,38+,43+,59+/m1/s1. The molecule has 4 heterocycles. The molecular formula is C43H55ClN6O8S. The Labute approximate surface area is 351 Å². The summed E-state index contributed by atoms with van der Waals surface area (Å²) in [6, 6.07) is 11.4. The molecule has 1 saturated heterocycles. The molecule has 2 fully saturated rings. The molecule has 1 saturated carbocycles. The number of aliphatic hydroxyl groups excluding tert-OH is 1. The number of methoxy groups -OCH3 is 1. The zero-order valence-corrected chi connectivity index (χ0v) is 35.6. The van der Waals surface area contributed by atoms with Crippen molar-refractivity contribution in [1.82, 2.24) is 19.4 Å². The fraction of sp³-hybridized carbons (Fsp3) is 0.558. The Morgan fingerprint density at radius 2 is 1.98 bits per heavy atom. The third-order valence-electron chi connectivity index (χ3n) is 12.8. The Balaban J connectivity index is 1.14. The molecule has 3 aliphatic heterocycles. The van der Waals surface area contributed by atoms with Crippen LogP contribution in [0.1, 0.15) is 64.4 Å². The molecule has 0 unspecified atom stereocenters. The summed E-state index contributed by atoms with van der Waals surface area (Å²) in [5.74, 6) is -1.29. The van der Waals surface area contributed by atoms with Crippen LogP contribution in [-0.2, 0) is 38.3 Å². The number of hydrogen-bond acceptors (Lipinski definition) is 11. The molecule has 5 aliphatic rings. The molecule has 1 aromatic heterocycles. The molecule has 8 rings (SSSR count). The van der Waals surface area contributed by atoms with Gasteiger partial charge in [0, 0.05) is 69.1 Å². The average molecular weight is 851 g/mol. The van der Waals surface area contributed by atoms with Gasteiger partial charge < -0.3 is 29.0 Å². The number of nitrogens with one attached hydrogen (secondary N) is 1. The van der Waals surface area contributed by atoms with Crippen molar-refractivity contribution in [2.24, 2.45) is 29.2 Å². The van der Waals surface area contributed by atoms with Gasteiger partial charge in [-0.05, 0) is 91.3 Å². The largest absolute Gasteiger partial charge is 0.490 e. The number of morpholine rings is 1. The first kappa shape index (κ1) is 41.7. The number of fused-ring (bicyclic) bond motifs is 4. The zero-order chi connectivity index (χ0) is 41.3. The minimum atomic E-state index is -3.84. The van der Waals surface area contributed by atoms with Crippen molar-refractivity contribution in [2.45, 2.75) is 56.7 Å². The first-order valence-electron chi connectivity index (χ1n) is 20.7. The lowest BCUT2D eigenvalue weighted by atomic mass is 9.68. The molecule has 16 heteroatoms. The number of rotatable bonds is 7. The molecule has 7 atom stereocenters. The van der Waals surface area contributed by atoms with Gasteiger partial charge in [0.05, 0.1) is 43.5 Å². The molecule has 1 spiro atoms. The van der Waals surface area contributed by atoms with Gasteiger partial charge in [0.2, 0.25) is 5.88 Å². The highest BCUT2D eigenvalue weighted by Gasteiger charge is 2.44. The highest BCUT2D eigenvalue weighted by Crippen LogP contribution is 2.47. The number of carbonyl (C=O) groups excluding carboxylic acids is 2. The number of carbonyl (C=O) groups is 2. The zero-order valence-electron chi connectivity index (χ0n) is 34.0. The predicted molar refractivity (Wildman–Crippen MR) is 225 cm³/mol. The molecule has 0 radical (unpaired) electrons. The van der Waals surface area contributed by atoms with Gasteiger partial charge in [-0.15, -0.1) is 9.46 Å². The Bertz CT molecular complexity index is 2200. The third-order valence-corrected chi connectivity index (χ3v) is 14.9. The summed E-state index contributed by atoms with van der Waals surface area (Å²) in [7, 11) is -0.495. The summed E-state index contributed by atoms with van der Waals surface area (Å²) in [4.78, 5) is 32.8. The van der Waals surface area contributed by atoms with Crippen molar-refractivity contribution in [1.29, 1.82) is 0 Å². The highest BCUT2D eigenvalue weighted by molar-refractivity contribution is 7.92. The van der Waals surface area contributed by atoms with Crippen LogP contribution in [0, 0.1) is 17.8 Å². The van der Waals surface area contributed by atoms with Crippen LogP contribution in [0.5, 0.6) is 11.6 Å². The molecule has 2 aliphatic carbocycles. The molecule has 14 nitrogen and oxygen atoms in total. The summed E-state index contributed by atoms with van der Waals surface area (Å²) in [6.45, 7) is 7.27. The maximum absolute atomic E-state index is 14.9. The molecular weight excluding hydrogens is 796 g/mol. The average Bonchev–Trinajstić information content (AvgIpc) is 3.51. The van der Waals surface area contributed by atoms with Crippen LogP contribution in [0.25, 0.3) is 0 Å². The number of hydrogen-bond donors (Lipinski definition) is 2. The Kier molecular flexibility index (Phi) is 12.4. The lowest BCUT2D eigenvalue weighted by Gasteiger charge is -2.46. The third kappa shape index (κ3) is 9.06. The Morgan fingerprint density at radius 3 is 2.76 bits per heavy atom. The van der Waals surface area contributed by atoms with Gasteiger partial charge in [-0.1, -0.05) is 36.7 Å². The topological polar surface area (TPSA) is 157 Å². The van der Waals surface area contributed by atoms with E-state index >= 15 is 0 Å². The van der Waals surface area contributed by atoms with Crippen LogP contribution < -0.4 is 19.1 Å². The van der Waals surface area contributed by atoms with E-state index in [-0.39, 0.29) is 52.7 Å². The van der Waals surface area contributed by atoms with Crippen molar-refractivity contribution in [3.8, 4) is 11.6 Å². The van der Waals surface area contributed by atoms with Crippen molar-refractivity contribution >= 4 is 39.0 Å². The molecule has 2 bridgehead atoms. The quantitative estimate of drug-likeness (QED) is 0.315. The number of benzene rings is 2. The predicted octanol–water partition coefficient (Wildman–Crippen LogP) is 4.82. The molecule has 3 aromatic rings. The van der Waals surface area contributed by atoms with E-state index in [0.717, 1.165) is 50.9 Å². The number of nitrogens with zero attached hydrogens (tertiary/aromatic N) is 5. The number of anilines is 1. The minimum absolute atomic E-state index is 0.0522. The lowest BCUT2D eigenvalue weighted by molar-refractivity contribution is 0.0124. The van der Waals surface area contributed by atoms with Gasteiger partial charge in [0.15, 0.2) is 0 Å². The number of halogens is 1. The second-order valence-electron chi connectivity index (χ2n) is 16.8. The molecule has 2 aromatic carbocycles. The van der Waals surface area contributed by atoms with E-state index in [9.17, 15) is 18.9 Å². The van der Waals surface area contributed by atoms with Crippen molar-refractivity contribution in [2.75, 3.05) is 76.9 Å². The van der Waals surface area contributed by atoms with E-state index in [2.05, 4.69) is 36.1 Å². The van der Waals surface area contributed by atoms with Crippen LogP contribution in [0.2, 0.25) is 5.02 Å². The summed E-state index contributed by atoms with van der Waals surface area (Å²) >= 11 is 6.48. The Hall–Kier alpha value is -3.99. The molecule has 59 heavy (non-hydrogen) atoms. The fourth-order valence-electron chi connectivity index (χ4n) is 9.36. The maximum Gasteiger partial charge on any atom is 0.286 e. The van der Waals surface area contributed by atoms with Crippen LogP contribution in [0.15, 0.2) is 59.1 Å². The SMILES string of the molecule is CO[C@H]1/C=C/[C@H](O)[C@H](C)C[S@@](=O)(NC(=O)c2cn(C)nc2OCCN2CCOCC2)=NC(=O)c2ccc3c(c2)N(C[C@@H]2CC[C@H]21)C[C@@]1(CCCc2cc(Cl)ccc21)CO3. The fourth-order valence-corrected chi connectivity index (χ4v) is 11.4. The monoisotopic (exact) mass is 850 g/mol. The van der Waals surface area contributed by atoms with Gasteiger partial charge >= 0.3 is 0 Å². The van der Waals surface area contributed by atoms with Gasteiger partial charge in [-0.3, -0.25) is 23.9 Å². The van der Waals surface area contributed by atoms with E-state index in [4.69, 9.17) is 30.5 Å². The highest BCUT2D eigenvalue weighted by atomic mass is 35.5. The number of amides is 2. The number of ether oxygens (including phenoxy) is 4. The van der Waals surface area contributed by atoms with Crippen LogP contribution >= 0.6 is 11.6 Å². The van der Waals surface area contributed by atoms with Crippen molar-refractivity contribution in [3.05, 3.63) is 82.0 Å². The minimum Gasteiger partial charge on any atom is -0.490 e. The second-order valence-corrected chi connectivity index (χ2v) is 19.2. The van der Waals surface area contributed by atoms with Crippen molar-refractivity contribution < 1.29 is 37.9 Å². The lowest BCUT2D eigenvalue weighted by Crippen LogP contribution is -2.49. The molecule has 2 N–H and O–H groups in total. The molecule has 2 amide bonds. The number of aliphatic hydroxyl groups is 1. The second kappa shape index (κ2) is 17.5. The van der Waals surface area contributed by atoms with Gasteiger partial charge in [0.25, 0.3) is 11.8 Å². The van der Waals surface area contributed by atoms with Gasteiger partial charge in [0.1, 0.15) is 27.8 Å². The van der Waals surface area contributed by atoms with Crippen molar-refractivity contribution in [3.63, 3.8) is 0 Å². The summed E-state index contributed by atoms with van der Waals surface area (Å²) in [5.41, 5.74) is 3.18. The smallest absolute Gasteiger partial charge is 0.286 e. The van der Waals surface area contributed by atoms with Crippen LogP contribution in [0.3, 0.4) is 0 Å². The molecule has 318 valence electrons. The first-order chi connectivity index (χ1) is 28.4. The summed E-state index contributed by atoms with van der Waals surface area (Å²) in [6.07, 6.45) is 8.57. The van der Waals surface area contributed by atoms with Crippen LogP contribution in [0.4, 0.5) is 5.69 Å². The van der Waals surface area contributed by atoms with E-state index < -0.39 is 33.8 Å². The van der Waals surface area contributed by atoms with Crippen LogP contribution in [-0.4, -0.2) is 120 Å². The van der Waals surface area contributed by atoms with Gasteiger partial charge in [-0.25, -0.2) is 4.21 Å². The normalized spacial score (nSPS) is 30.5. The Morgan fingerprint density at radius 1 is 1.15 bits per heavy atom. The first-order valence-corrected chi connectivity index (χ1v) is 22.8. The number of aromatic nitrogens is 2. The maximum atomic E-state index is 14.9. The van der Waals surface area contributed by atoms with E-state index in [0.29, 0.717) is 50.2 Å². The van der Waals surface area contributed by atoms with E-state index in [1.165, 1.54) is 22.0 Å². The summed E-state index contributed by atoms with van der Waals surface area (Å²) < 4.78 is 47.3. The summed E-state index contributed by atoms with van der Waals surface area (Å²) in [5, 5.41) is 16.4. The van der Waals surface area contributed by atoms with Gasteiger partial charge in [-0.2, -0.15) is 0 Å². The van der Waals surface area contributed by atoms with E-state index in [1.54, 1.807) is 45.4 Å². The number of aryl methyl sites for hydroxylation is 2. The van der Waals surface area contributed by atoms with E-state index in [1.807, 2.05) is 12.1 Å².